The highest BCUT2D eigenvalue weighted by Crippen LogP contribution is 2.39. The van der Waals surface area contributed by atoms with E-state index in [1.165, 1.54) is 13.2 Å². The van der Waals surface area contributed by atoms with Crippen molar-refractivity contribution in [2.24, 2.45) is 11.8 Å². The zero-order valence-electron chi connectivity index (χ0n) is 14.8. The molecule has 7 heteroatoms. The SMILES string of the molecule is COc1ccc(S(=O)(=O)N2CCCCCC2)cc1NC(=O)[C@@H]1C[C@@H]1C. The quantitative estimate of drug-likeness (QED) is 0.869. The van der Waals surface area contributed by atoms with Crippen LogP contribution in [-0.2, 0) is 14.8 Å². The first kappa shape index (κ1) is 18.2. The summed E-state index contributed by atoms with van der Waals surface area (Å²) in [6, 6.07) is 4.68. The van der Waals surface area contributed by atoms with E-state index in [-0.39, 0.29) is 16.7 Å². The predicted molar refractivity (Wildman–Crippen MR) is 96.1 cm³/mol. The summed E-state index contributed by atoms with van der Waals surface area (Å²) in [5.74, 6) is 0.789. The normalized spacial score (nSPS) is 24.4. The number of nitrogens with zero attached hydrogens (tertiary/aromatic N) is 1. The molecule has 1 aliphatic carbocycles. The fourth-order valence-corrected chi connectivity index (χ4v) is 4.83. The van der Waals surface area contributed by atoms with Gasteiger partial charge in [0.25, 0.3) is 0 Å². The molecule has 3 rings (SSSR count). The largest absolute Gasteiger partial charge is 0.495 e. The minimum Gasteiger partial charge on any atom is -0.495 e. The Morgan fingerprint density at radius 2 is 1.84 bits per heavy atom. The van der Waals surface area contributed by atoms with Crippen LogP contribution >= 0.6 is 0 Å². The van der Waals surface area contributed by atoms with Crippen molar-refractivity contribution >= 4 is 21.6 Å². The van der Waals surface area contributed by atoms with Gasteiger partial charge in [0.2, 0.25) is 15.9 Å². The molecule has 25 heavy (non-hydrogen) atoms. The van der Waals surface area contributed by atoms with Crippen LogP contribution in [0.4, 0.5) is 5.69 Å². The molecule has 1 N–H and O–H groups in total. The Balaban J connectivity index is 1.86. The number of anilines is 1. The van der Waals surface area contributed by atoms with Crippen LogP contribution in [0.5, 0.6) is 5.75 Å². The standard InChI is InChI=1S/C18H26N2O4S/c1-13-11-15(13)18(21)19-16-12-14(7-8-17(16)24-2)25(22,23)20-9-5-3-4-6-10-20/h7-8,12-13,15H,3-6,9-11H2,1-2H3,(H,19,21)/t13-,15+/m0/s1. The molecule has 1 aromatic carbocycles. The van der Waals surface area contributed by atoms with Gasteiger partial charge in [-0.25, -0.2) is 8.42 Å². The highest BCUT2D eigenvalue weighted by molar-refractivity contribution is 7.89. The van der Waals surface area contributed by atoms with Crippen LogP contribution in [0.15, 0.2) is 23.1 Å². The third-order valence-corrected chi connectivity index (χ3v) is 6.97. The summed E-state index contributed by atoms with van der Waals surface area (Å²) in [6.45, 7) is 3.13. The molecular weight excluding hydrogens is 340 g/mol. The minimum absolute atomic E-state index is 0.00979. The Morgan fingerprint density at radius 1 is 1.20 bits per heavy atom. The van der Waals surface area contributed by atoms with Crippen molar-refractivity contribution in [1.29, 1.82) is 0 Å². The highest BCUT2D eigenvalue weighted by Gasteiger charge is 2.39. The van der Waals surface area contributed by atoms with Crippen molar-refractivity contribution in [2.75, 3.05) is 25.5 Å². The number of rotatable bonds is 5. The van der Waals surface area contributed by atoms with Crippen LogP contribution in [0.2, 0.25) is 0 Å². The molecule has 2 atom stereocenters. The summed E-state index contributed by atoms with van der Waals surface area (Å²) in [6.07, 6.45) is 4.78. The van der Waals surface area contributed by atoms with Crippen LogP contribution in [0.25, 0.3) is 0 Å². The Bertz CT molecular complexity index is 739. The van der Waals surface area contributed by atoms with E-state index in [0.717, 1.165) is 32.1 Å². The smallest absolute Gasteiger partial charge is 0.243 e. The number of hydrogen-bond donors (Lipinski definition) is 1. The maximum atomic E-state index is 12.9. The van der Waals surface area contributed by atoms with E-state index in [4.69, 9.17) is 4.74 Å². The number of carbonyl (C=O) groups excluding carboxylic acids is 1. The highest BCUT2D eigenvalue weighted by atomic mass is 32.2. The van der Waals surface area contributed by atoms with Gasteiger partial charge < -0.3 is 10.1 Å². The fourth-order valence-electron chi connectivity index (χ4n) is 3.29. The Kier molecular flexibility index (Phi) is 5.34. The van der Waals surface area contributed by atoms with Gasteiger partial charge in [0.05, 0.1) is 17.7 Å². The number of hydrogen-bond acceptors (Lipinski definition) is 4. The molecule has 1 heterocycles. The molecule has 0 radical (unpaired) electrons. The summed E-state index contributed by atoms with van der Waals surface area (Å²) in [4.78, 5) is 12.4. The van der Waals surface area contributed by atoms with Crippen LogP contribution in [0, 0.1) is 11.8 Å². The minimum atomic E-state index is -3.56. The second-order valence-electron chi connectivity index (χ2n) is 6.99. The summed E-state index contributed by atoms with van der Waals surface area (Å²) in [7, 11) is -2.05. The average Bonchev–Trinajstić information content (AvgIpc) is 3.37. The molecule has 0 bridgehead atoms. The molecule has 1 aromatic rings. The van der Waals surface area contributed by atoms with E-state index < -0.39 is 10.0 Å². The van der Waals surface area contributed by atoms with Crippen molar-refractivity contribution in [1.82, 2.24) is 4.31 Å². The molecule has 1 saturated heterocycles. The summed E-state index contributed by atoms with van der Waals surface area (Å²) in [5.41, 5.74) is 0.419. The molecule has 0 spiro atoms. The predicted octanol–water partition coefficient (Wildman–Crippen LogP) is 2.85. The van der Waals surface area contributed by atoms with Gasteiger partial charge in [-0.1, -0.05) is 19.8 Å². The first-order chi connectivity index (χ1) is 11.9. The van der Waals surface area contributed by atoms with Gasteiger partial charge in [-0.3, -0.25) is 4.79 Å². The molecule has 1 saturated carbocycles. The lowest BCUT2D eigenvalue weighted by Gasteiger charge is -2.21. The van der Waals surface area contributed by atoms with Crippen LogP contribution in [-0.4, -0.2) is 38.8 Å². The van der Waals surface area contributed by atoms with E-state index in [1.54, 1.807) is 16.4 Å². The molecule has 0 aromatic heterocycles. The maximum Gasteiger partial charge on any atom is 0.243 e. The van der Waals surface area contributed by atoms with E-state index >= 15 is 0 Å². The Hall–Kier alpha value is -1.60. The van der Waals surface area contributed by atoms with E-state index in [0.29, 0.717) is 30.4 Å². The lowest BCUT2D eigenvalue weighted by atomic mass is 10.2. The Morgan fingerprint density at radius 3 is 2.40 bits per heavy atom. The maximum absolute atomic E-state index is 12.9. The molecule has 1 amide bonds. The summed E-state index contributed by atoms with van der Waals surface area (Å²) >= 11 is 0. The average molecular weight is 366 g/mol. The van der Waals surface area contributed by atoms with Gasteiger partial charge in [0.15, 0.2) is 0 Å². The van der Waals surface area contributed by atoms with Crippen molar-refractivity contribution in [3.8, 4) is 5.75 Å². The van der Waals surface area contributed by atoms with Crippen molar-refractivity contribution in [3.05, 3.63) is 18.2 Å². The summed E-state index contributed by atoms with van der Waals surface area (Å²) < 4.78 is 32.7. The van der Waals surface area contributed by atoms with Crippen molar-refractivity contribution in [2.45, 2.75) is 43.9 Å². The number of methoxy groups -OCH3 is 1. The van der Waals surface area contributed by atoms with Gasteiger partial charge in [0.1, 0.15) is 5.75 Å². The molecule has 138 valence electrons. The summed E-state index contributed by atoms with van der Waals surface area (Å²) in [5, 5.41) is 2.83. The molecule has 0 unspecified atom stereocenters. The first-order valence-electron chi connectivity index (χ1n) is 8.92. The molecule has 2 fully saturated rings. The van der Waals surface area contributed by atoms with Gasteiger partial charge in [-0.05, 0) is 43.4 Å². The van der Waals surface area contributed by atoms with E-state index in [1.807, 2.05) is 6.92 Å². The number of nitrogens with one attached hydrogen (secondary N) is 1. The van der Waals surface area contributed by atoms with Gasteiger partial charge >= 0.3 is 0 Å². The number of sulfonamides is 1. The van der Waals surface area contributed by atoms with Gasteiger partial charge in [0, 0.05) is 19.0 Å². The molecule has 2 aliphatic rings. The monoisotopic (exact) mass is 366 g/mol. The lowest BCUT2D eigenvalue weighted by Crippen LogP contribution is -2.32. The number of benzene rings is 1. The van der Waals surface area contributed by atoms with Crippen molar-refractivity contribution in [3.63, 3.8) is 0 Å². The second kappa shape index (κ2) is 7.33. The third-order valence-electron chi connectivity index (χ3n) is 5.08. The lowest BCUT2D eigenvalue weighted by molar-refractivity contribution is -0.117. The zero-order chi connectivity index (χ0) is 18.0. The third kappa shape index (κ3) is 3.98. The zero-order valence-corrected chi connectivity index (χ0v) is 15.6. The first-order valence-corrected chi connectivity index (χ1v) is 10.4. The Labute approximate surface area is 149 Å². The van der Waals surface area contributed by atoms with Crippen LogP contribution in [0.1, 0.15) is 39.0 Å². The topological polar surface area (TPSA) is 75.7 Å². The number of carbonyl (C=O) groups is 1. The second-order valence-corrected chi connectivity index (χ2v) is 8.93. The van der Waals surface area contributed by atoms with Gasteiger partial charge in [-0.15, -0.1) is 0 Å². The molecule has 6 nitrogen and oxygen atoms in total. The number of ether oxygens (including phenoxy) is 1. The fraction of sp³-hybridized carbons (Fsp3) is 0.611. The van der Waals surface area contributed by atoms with E-state index in [2.05, 4.69) is 5.32 Å². The van der Waals surface area contributed by atoms with Crippen LogP contribution in [0.3, 0.4) is 0 Å². The van der Waals surface area contributed by atoms with Gasteiger partial charge in [-0.2, -0.15) is 4.31 Å². The molecular formula is C18H26N2O4S. The van der Waals surface area contributed by atoms with E-state index in [9.17, 15) is 13.2 Å². The van der Waals surface area contributed by atoms with Crippen LogP contribution < -0.4 is 10.1 Å². The molecule has 1 aliphatic heterocycles. The number of amides is 1. The van der Waals surface area contributed by atoms with Crippen molar-refractivity contribution < 1.29 is 17.9 Å².